The smallest absolute Gasteiger partial charge is 0.348 e. The van der Waals surface area contributed by atoms with Gasteiger partial charge in [0.2, 0.25) is 0 Å². The molecule has 2 aromatic rings. The van der Waals surface area contributed by atoms with Crippen LogP contribution in [0.2, 0.25) is 0 Å². The normalized spacial score (nSPS) is 16.8. The first-order valence-corrected chi connectivity index (χ1v) is 9.43. The summed E-state index contributed by atoms with van der Waals surface area (Å²) in [5, 5.41) is 0.399. The first-order valence-electron chi connectivity index (χ1n) is 8.61. The van der Waals surface area contributed by atoms with Crippen molar-refractivity contribution in [1.29, 1.82) is 0 Å². The minimum Gasteiger partial charge on any atom is -0.458 e. The van der Waals surface area contributed by atoms with Crippen molar-refractivity contribution >= 4 is 33.3 Å². The Morgan fingerprint density at radius 3 is 2.64 bits per heavy atom. The van der Waals surface area contributed by atoms with E-state index >= 15 is 0 Å². The molecule has 0 amide bonds. The van der Waals surface area contributed by atoms with E-state index in [0.29, 0.717) is 20.7 Å². The van der Waals surface area contributed by atoms with Gasteiger partial charge in [0, 0.05) is 0 Å². The largest absolute Gasteiger partial charge is 0.458 e. The molecule has 2 heterocycles. The molecule has 0 N–H and O–H groups in total. The molecule has 0 bridgehead atoms. The average molecular weight is 362 g/mol. The first kappa shape index (κ1) is 17.8. The molecule has 3 rings (SSSR count). The number of carbonyl (C=O) groups excluding carboxylic acids is 2. The monoisotopic (exact) mass is 362 g/mol. The lowest BCUT2D eigenvalue weighted by atomic mass is 9.98. The van der Waals surface area contributed by atoms with E-state index < -0.39 is 6.04 Å². The number of aromatic nitrogens is 2. The fourth-order valence-electron chi connectivity index (χ4n) is 3.19. The molecule has 2 aromatic heterocycles. The molecule has 1 saturated carbocycles. The standard InChI is InChI=1S/C18H22N2O4S/c1-10-14-16(19-9-20(17(14)22)11(2)12(3)21)25-15(10)18(23)24-13-7-5-4-6-8-13/h9,11,13H,4-8H2,1-3H3/t11-/m1/s1. The highest BCUT2D eigenvalue weighted by molar-refractivity contribution is 7.20. The van der Waals surface area contributed by atoms with Crippen LogP contribution in [0, 0.1) is 6.92 Å². The Balaban J connectivity index is 1.96. The summed E-state index contributed by atoms with van der Waals surface area (Å²) in [5.74, 6) is -0.494. The van der Waals surface area contributed by atoms with Crippen molar-refractivity contribution in [3.63, 3.8) is 0 Å². The number of ether oxygens (including phenoxy) is 1. The van der Waals surface area contributed by atoms with Gasteiger partial charge >= 0.3 is 5.97 Å². The van der Waals surface area contributed by atoms with Crippen LogP contribution in [0.3, 0.4) is 0 Å². The van der Waals surface area contributed by atoms with E-state index in [1.165, 1.54) is 35.6 Å². The zero-order valence-electron chi connectivity index (χ0n) is 14.7. The highest BCUT2D eigenvalue weighted by Crippen LogP contribution is 2.29. The number of thiophene rings is 1. The van der Waals surface area contributed by atoms with E-state index in [-0.39, 0.29) is 23.4 Å². The summed E-state index contributed by atoms with van der Waals surface area (Å²) in [6, 6.07) is -0.582. The summed E-state index contributed by atoms with van der Waals surface area (Å²) in [5.41, 5.74) is 0.293. The van der Waals surface area contributed by atoms with Gasteiger partial charge in [-0.3, -0.25) is 14.2 Å². The molecular weight excluding hydrogens is 340 g/mol. The number of ketones is 1. The van der Waals surface area contributed by atoms with E-state index in [4.69, 9.17) is 4.74 Å². The molecule has 134 valence electrons. The van der Waals surface area contributed by atoms with Gasteiger partial charge in [0.05, 0.1) is 17.8 Å². The van der Waals surface area contributed by atoms with Gasteiger partial charge in [-0.25, -0.2) is 9.78 Å². The van der Waals surface area contributed by atoms with Crippen molar-refractivity contribution in [3.05, 3.63) is 27.1 Å². The highest BCUT2D eigenvalue weighted by Gasteiger charge is 2.25. The molecule has 6 nitrogen and oxygen atoms in total. The summed E-state index contributed by atoms with van der Waals surface area (Å²) in [4.78, 5) is 42.1. The van der Waals surface area contributed by atoms with Crippen LogP contribution in [-0.2, 0) is 9.53 Å². The minimum atomic E-state index is -0.582. The van der Waals surface area contributed by atoms with Crippen LogP contribution >= 0.6 is 11.3 Å². The molecule has 1 aliphatic rings. The Labute approximate surface area is 149 Å². The molecule has 0 radical (unpaired) electrons. The van der Waals surface area contributed by atoms with Gasteiger partial charge in [-0.15, -0.1) is 11.3 Å². The molecule has 25 heavy (non-hydrogen) atoms. The van der Waals surface area contributed by atoms with Gasteiger partial charge < -0.3 is 4.74 Å². The summed E-state index contributed by atoms with van der Waals surface area (Å²) < 4.78 is 6.94. The molecular formula is C18H22N2O4S. The lowest BCUT2D eigenvalue weighted by Gasteiger charge is -2.21. The zero-order chi connectivity index (χ0) is 18.1. The molecule has 1 aliphatic carbocycles. The lowest BCUT2D eigenvalue weighted by molar-refractivity contribution is -0.119. The van der Waals surface area contributed by atoms with E-state index in [1.54, 1.807) is 13.8 Å². The third-order valence-corrected chi connectivity index (χ3v) is 6.07. The van der Waals surface area contributed by atoms with E-state index in [2.05, 4.69) is 4.98 Å². The second-order valence-corrected chi connectivity index (χ2v) is 7.64. The van der Waals surface area contributed by atoms with Gasteiger partial charge in [-0.05, 0) is 52.0 Å². The van der Waals surface area contributed by atoms with Crippen molar-refractivity contribution < 1.29 is 14.3 Å². The van der Waals surface area contributed by atoms with Gasteiger partial charge in [-0.2, -0.15) is 0 Å². The third-order valence-electron chi connectivity index (χ3n) is 4.89. The van der Waals surface area contributed by atoms with Crippen molar-refractivity contribution in [3.8, 4) is 0 Å². The van der Waals surface area contributed by atoms with Gasteiger partial charge in [0.25, 0.3) is 5.56 Å². The molecule has 1 atom stereocenters. The molecule has 0 unspecified atom stereocenters. The van der Waals surface area contributed by atoms with Crippen LogP contribution < -0.4 is 5.56 Å². The predicted octanol–water partition coefficient (Wildman–Crippen LogP) is 3.41. The molecule has 7 heteroatoms. The van der Waals surface area contributed by atoms with Crippen molar-refractivity contribution in [2.45, 2.75) is 65.0 Å². The second kappa shape index (κ2) is 7.07. The lowest BCUT2D eigenvalue weighted by Crippen LogP contribution is -2.27. The van der Waals surface area contributed by atoms with Crippen LogP contribution in [0.15, 0.2) is 11.1 Å². The summed E-state index contributed by atoms with van der Waals surface area (Å²) in [7, 11) is 0. The Hall–Kier alpha value is -2.02. The molecule has 0 saturated heterocycles. The van der Waals surface area contributed by atoms with Gasteiger partial charge in [0.15, 0.2) is 5.78 Å². The SMILES string of the molecule is CC(=O)[C@@H](C)n1cnc2sc(C(=O)OC3CCCCC3)c(C)c2c1=O. The Kier molecular flexibility index (Phi) is 5.03. The van der Waals surface area contributed by atoms with Crippen LogP contribution in [0.1, 0.15) is 67.2 Å². The van der Waals surface area contributed by atoms with Gasteiger partial charge in [0.1, 0.15) is 15.8 Å². The quantitative estimate of drug-likeness (QED) is 0.779. The Morgan fingerprint density at radius 1 is 1.32 bits per heavy atom. The number of carbonyl (C=O) groups is 2. The van der Waals surface area contributed by atoms with Crippen molar-refractivity contribution in [2.24, 2.45) is 0 Å². The fourth-order valence-corrected chi connectivity index (χ4v) is 4.21. The van der Waals surface area contributed by atoms with Crippen molar-refractivity contribution in [2.75, 3.05) is 0 Å². The highest BCUT2D eigenvalue weighted by atomic mass is 32.1. The number of hydrogen-bond acceptors (Lipinski definition) is 6. The maximum absolute atomic E-state index is 12.7. The maximum Gasteiger partial charge on any atom is 0.348 e. The topological polar surface area (TPSA) is 78.3 Å². The number of esters is 1. The van der Waals surface area contributed by atoms with E-state index in [1.807, 2.05) is 0 Å². The molecule has 0 spiro atoms. The number of aryl methyl sites for hydroxylation is 1. The molecule has 1 fully saturated rings. The molecule has 0 aliphatic heterocycles. The van der Waals surface area contributed by atoms with E-state index in [0.717, 1.165) is 25.7 Å². The molecule has 0 aromatic carbocycles. The van der Waals surface area contributed by atoms with Crippen LogP contribution in [0.5, 0.6) is 0 Å². The zero-order valence-corrected chi connectivity index (χ0v) is 15.5. The van der Waals surface area contributed by atoms with Crippen molar-refractivity contribution in [1.82, 2.24) is 9.55 Å². The predicted molar refractivity (Wildman–Crippen MR) is 96.3 cm³/mol. The van der Waals surface area contributed by atoms with Crippen LogP contribution in [0.25, 0.3) is 10.2 Å². The first-order chi connectivity index (χ1) is 11.9. The van der Waals surface area contributed by atoms with Crippen LogP contribution in [-0.4, -0.2) is 27.4 Å². The number of rotatable bonds is 4. The maximum atomic E-state index is 12.7. The van der Waals surface area contributed by atoms with E-state index in [9.17, 15) is 14.4 Å². The average Bonchev–Trinajstić information content (AvgIpc) is 2.93. The Morgan fingerprint density at radius 2 is 2.00 bits per heavy atom. The summed E-state index contributed by atoms with van der Waals surface area (Å²) in [6.45, 7) is 4.84. The Bertz CT molecular complexity index is 877. The van der Waals surface area contributed by atoms with Crippen LogP contribution in [0.4, 0.5) is 0 Å². The number of fused-ring (bicyclic) bond motifs is 1. The fraction of sp³-hybridized carbons (Fsp3) is 0.556. The third kappa shape index (κ3) is 3.38. The second-order valence-electron chi connectivity index (χ2n) is 6.65. The number of nitrogens with zero attached hydrogens (tertiary/aromatic N) is 2. The summed E-state index contributed by atoms with van der Waals surface area (Å²) in [6.07, 6.45) is 6.50. The number of Topliss-reactive ketones (excluding diaryl/α,β-unsaturated/α-hetero) is 1. The summed E-state index contributed by atoms with van der Waals surface area (Å²) >= 11 is 1.18. The minimum absolute atomic E-state index is 0.0341. The number of hydrogen-bond donors (Lipinski definition) is 0. The van der Waals surface area contributed by atoms with Gasteiger partial charge in [-0.1, -0.05) is 6.42 Å².